The smallest absolute Gasteiger partial charge is 0.194 e. The van der Waals surface area contributed by atoms with Gasteiger partial charge in [-0.1, -0.05) is 6.92 Å². The van der Waals surface area contributed by atoms with Gasteiger partial charge in [-0.15, -0.1) is 24.0 Å². The van der Waals surface area contributed by atoms with E-state index in [4.69, 9.17) is 4.42 Å². The molecular weight excluding hydrogens is 343 g/mol. The molecule has 1 unspecified atom stereocenters. The molecule has 1 atom stereocenters. The third-order valence-electron chi connectivity index (χ3n) is 2.72. The molecule has 2 N–H and O–H groups in total. The van der Waals surface area contributed by atoms with Crippen molar-refractivity contribution in [1.82, 2.24) is 15.6 Å². The molecule has 0 amide bonds. The van der Waals surface area contributed by atoms with E-state index >= 15 is 0 Å². The predicted octanol–water partition coefficient (Wildman–Crippen LogP) is 1.99. The van der Waals surface area contributed by atoms with E-state index in [2.05, 4.69) is 34.5 Å². The molecule has 0 aromatic carbocycles. The number of nitrogens with one attached hydrogen (secondary N) is 2. The topological polar surface area (TPSA) is 62.5 Å². The van der Waals surface area contributed by atoms with E-state index < -0.39 is 0 Å². The minimum atomic E-state index is 0. The van der Waals surface area contributed by atoms with Crippen molar-refractivity contribution in [2.24, 2.45) is 4.99 Å². The minimum absolute atomic E-state index is 0. The van der Waals surface area contributed by atoms with Gasteiger partial charge in [-0.25, -0.2) is 4.98 Å². The summed E-state index contributed by atoms with van der Waals surface area (Å²) in [5, 5.41) is 6.48. The number of hydrogen-bond acceptors (Lipinski definition) is 5. The van der Waals surface area contributed by atoms with Crippen LogP contribution in [0.3, 0.4) is 0 Å². The largest absolute Gasteiger partial charge is 0.444 e. The van der Waals surface area contributed by atoms with E-state index in [1.807, 2.05) is 6.92 Å². The van der Waals surface area contributed by atoms with Crippen molar-refractivity contribution < 1.29 is 4.42 Å². The summed E-state index contributed by atoms with van der Waals surface area (Å²) in [6, 6.07) is 0.420. The summed E-state index contributed by atoms with van der Waals surface area (Å²) in [5.41, 5.74) is 0.965. The zero-order valence-electron chi connectivity index (χ0n) is 11.1. The third kappa shape index (κ3) is 3.86. The van der Waals surface area contributed by atoms with Crippen LogP contribution in [0, 0.1) is 6.92 Å². The number of nitrogens with zero attached hydrogens (tertiary/aromatic N) is 2. The highest BCUT2D eigenvalue weighted by atomic mass is 127. The fourth-order valence-electron chi connectivity index (χ4n) is 1.80. The number of guanidine groups is 1. The zero-order chi connectivity index (χ0) is 12.3. The lowest BCUT2D eigenvalue weighted by atomic mass is 10.3. The van der Waals surface area contributed by atoms with E-state index in [-0.39, 0.29) is 24.0 Å². The summed E-state index contributed by atoms with van der Waals surface area (Å²) in [4.78, 5) is 8.73. The van der Waals surface area contributed by atoms with E-state index in [1.54, 1.807) is 0 Å². The van der Waals surface area contributed by atoms with Crippen LogP contribution in [0.5, 0.6) is 0 Å². The average Bonchev–Trinajstić information content (AvgIpc) is 2.83. The molecule has 0 saturated heterocycles. The number of aliphatic imine (C=N–C) groups is 1. The molecular formula is C12H21IN4O. The van der Waals surface area contributed by atoms with E-state index in [0.717, 1.165) is 42.7 Å². The van der Waals surface area contributed by atoms with Crippen molar-refractivity contribution >= 4 is 29.9 Å². The third-order valence-corrected chi connectivity index (χ3v) is 2.72. The van der Waals surface area contributed by atoms with Crippen molar-refractivity contribution in [3.8, 4) is 0 Å². The predicted molar refractivity (Wildman–Crippen MR) is 82.4 cm³/mol. The van der Waals surface area contributed by atoms with Gasteiger partial charge in [0.1, 0.15) is 5.76 Å². The fourth-order valence-corrected chi connectivity index (χ4v) is 1.80. The van der Waals surface area contributed by atoms with Crippen molar-refractivity contribution in [2.45, 2.75) is 46.2 Å². The van der Waals surface area contributed by atoms with Crippen LogP contribution in [0.1, 0.15) is 37.6 Å². The minimum Gasteiger partial charge on any atom is -0.444 e. The molecule has 102 valence electrons. The van der Waals surface area contributed by atoms with Crippen LogP contribution in [0.25, 0.3) is 0 Å². The number of rotatable bonds is 4. The second-order valence-corrected chi connectivity index (χ2v) is 4.45. The highest BCUT2D eigenvalue weighted by Gasteiger charge is 2.14. The second kappa shape index (κ2) is 6.96. The summed E-state index contributed by atoms with van der Waals surface area (Å²) < 4.78 is 5.69. The zero-order valence-corrected chi connectivity index (χ0v) is 13.4. The number of oxazole rings is 1. The standard InChI is InChI=1S/C12H20N4O.HI/c1-4-5-11-16-9(3)10(17-11)7-14-12-13-6-8(2)15-12;/h8H,4-7H2,1-3H3,(H2,13,14,15);1H. The van der Waals surface area contributed by atoms with Crippen LogP contribution < -0.4 is 10.6 Å². The summed E-state index contributed by atoms with van der Waals surface area (Å²) in [5.74, 6) is 2.58. The Morgan fingerprint density at radius 3 is 2.89 bits per heavy atom. The normalized spacial score (nSPS) is 17.9. The first-order valence-corrected chi connectivity index (χ1v) is 6.19. The van der Waals surface area contributed by atoms with E-state index in [9.17, 15) is 0 Å². The van der Waals surface area contributed by atoms with E-state index in [1.165, 1.54) is 0 Å². The molecule has 18 heavy (non-hydrogen) atoms. The van der Waals surface area contributed by atoms with Gasteiger partial charge in [0.2, 0.25) is 0 Å². The quantitative estimate of drug-likeness (QED) is 0.803. The average molecular weight is 364 g/mol. The molecule has 0 fully saturated rings. The summed E-state index contributed by atoms with van der Waals surface area (Å²) in [7, 11) is 0. The molecule has 0 saturated carbocycles. The van der Waals surface area contributed by atoms with Crippen molar-refractivity contribution in [3.63, 3.8) is 0 Å². The molecule has 1 aromatic heterocycles. The Morgan fingerprint density at radius 1 is 1.50 bits per heavy atom. The first kappa shape index (κ1) is 15.3. The molecule has 5 nitrogen and oxygen atoms in total. The summed E-state index contributed by atoms with van der Waals surface area (Å²) >= 11 is 0. The molecule has 2 rings (SSSR count). The van der Waals surface area contributed by atoms with Crippen molar-refractivity contribution in [1.29, 1.82) is 0 Å². The molecule has 6 heteroatoms. The maximum atomic E-state index is 5.69. The Kier molecular flexibility index (Phi) is 5.90. The van der Waals surface area contributed by atoms with Gasteiger partial charge in [0, 0.05) is 12.5 Å². The number of hydrogen-bond donors (Lipinski definition) is 2. The van der Waals surface area contributed by atoms with Gasteiger partial charge in [-0.2, -0.15) is 0 Å². The first-order chi connectivity index (χ1) is 8.19. The lowest BCUT2D eigenvalue weighted by molar-refractivity contribution is 0.446. The molecule has 2 heterocycles. The van der Waals surface area contributed by atoms with Gasteiger partial charge >= 0.3 is 0 Å². The van der Waals surface area contributed by atoms with Crippen LogP contribution >= 0.6 is 24.0 Å². The lowest BCUT2D eigenvalue weighted by Gasteiger charge is -2.07. The van der Waals surface area contributed by atoms with Crippen molar-refractivity contribution in [2.75, 3.05) is 6.54 Å². The Hall–Kier alpha value is -0.790. The molecule has 0 spiro atoms. The Morgan fingerprint density at radius 2 is 2.28 bits per heavy atom. The molecule has 0 aliphatic carbocycles. The molecule has 0 radical (unpaired) electrons. The Labute approximate surface area is 125 Å². The van der Waals surface area contributed by atoms with Gasteiger partial charge in [0.15, 0.2) is 11.9 Å². The van der Waals surface area contributed by atoms with Crippen molar-refractivity contribution in [3.05, 3.63) is 17.3 Å². The van der Waals surface area contributed by atoms with Gasteiger partial charge in [0.05, 0.1) is 18.8 Å². The van der Waals surface area contributed by atoms with Crippen LogP contribution in [-0.4, -0.2) is 23.5 Å². The molecule has 1 aliphatic rings. The van der Waals surface area contributed by atoms with Crippen LogP contribution in [-0.2, 0) is 13.0 Å². The fraction of sp³-hybridized carbons (Fsp3) is 0.667. The van der Waals surface area contributed by atoms with Gasteiger partial charge in [0.25, 0.3) is 0 Å². The number of halogens is 1. The Balaban J connectivity index is 0.00000162. The van der Waals surface area contributed by atoms with Crippen LogP contribution in [0.2, 0.25) is 0 Å². The van der Waals surface area contributed by atoms with Gasteiger partial charge < -0.3 is 15.1 Å². The first-order valence-electron chi connectivity index (χ1n) is 6.19. The molecule has 1 aliphatic heterocycles. The van der Waals surface area contributed by atoms with Gasteiger partial charge in [-0.05, 0) is 20.3 Å². The summed E-state index contributed by atoms with van der Waals surface area (Å²) in [6.45, 7) is 7.68. The number of aromatic nitrogens is 1. The SMILES string of the molecule is CCCc1nc(C)c(CNC2=NCC(C)N2)o1.I. The maximum Gasteiger partial charge on any atom is 0.194 e. The summed E-state index contributed by atoms with van der Waals surface area (Å²) in [6.07, 6.45) is 1.95. The maximum absolute atomic E-state index is 5.69. The second-order valence-electron chi connectivity index (χ2n) is 4.45. The van der Waals surface area contributed by atoms with Gasteiger partial charge in [-0.3, -0.25) is 4.99 Å². The van der Waals surface area contributed by atoms with Crippen LogP contribution in [0.4, 0.5) is 0 Å². The highest BCUT2D eigenvalue weighted by molar-refractivity contribution is 14.0. The molecule has 0 bridgehead atoms. The van der Waals surface area contributed by atoms with Crippen LogP contribution in [0.15, 0.2) is 9.41 Å². The lowest BCUT2D eigenvalue weighted by Crippen LogP contribution is -2.37. The highest BCUT2D eigenvalue weighted by Crippen LogP contribution is 2.11. The van der Waals surface area contributed by atoms with E-state index in [0.29, 0.717) is 12.6 Å². The Bertz CT molecular complexity index is 416. The number of aryl methyl sites for hydroxylation is 2. The molecule has 1 aromatic rings. The monoisotopic (exact) mass is 364 g/mol.